The molecule has 4 rings (SSSR count). The first-order valence-electron chi connectivity index (χ1n) is 9.38. The molecule has 3 aromatic rings. The van der Waals surface area contributed by atoms with Gasteiger partial charge in [0, 0.05) is 18.3 Å². The molecule has 5 nitrogen and oxygen atoms in total. The highest BCUT2D eigenvalue weighted by Crippen LogP contribution is 2.33. The molecule has 0 saturated carbocycles. The van der Waals surface area contributed by atoms with E-state index in [4.69, 9.17) is 11.6 Å². The van der Waals surface area contributed by atoms with E-state index in [1.165, 1.54) is 6.20 Å². The van der Waals surface area contributed by atoms with Crippen LogP contribution in [0.15, 0.2) is 66.9 Å². The maximum atomic E-state index is 13.0. The minimum absolute atomic E-state index is 0.0522. The lowest BCUT2D eigenvalue weighted by Crippen LogP contribution is -2.32. The van der Waals surface area contributed by atoms with Gasteiger partial charge >= 0.3 is 0 Å². The first-order chi connectivity index (χ1) is 14.0. The molecule has 0 spiro atoms. The maximum absolute atomic E-state index is 13.0. The Morgan fingerprint density at radius 2 is 1.90 bits per heavy atom. The third-order valence-electron chi connectivity index (χ3n) is 5.06. The number of nitrogens with zero attached hydrogens (tertiary/aromatic N) is 2. The van der Waals surface area contributed by atoms with Crippen molar-refractivity contribution in [3.63, 3.8) is 0 Å². The molecule has 0 aliphatic carbocycles. The van der Waals surface area contributed by atoms with Gasteiger partial charge < -0.3 is 10.2 Å². The smallest absolute Gasteiger partial charge is 0.255 e. The molecule has 2 heterocycles. The van der Waals surface area contributed by atoms with E-state index in [0.29, 0.717) is 22.9 Å². The van der Waals surface area contributed by atoms with Crippen LogP contribution < -0.4 is 5.32 Å². The minimum Gasteiger partial charge on any atom is -0.327 e. The summed E-state index contributed by atoms with van der Waals surface area (Å²) in [5.41, 5.74) is 3.73. The van der Waals surface area contributed by atoms with E-state index < -0.39 is 0 Å². The summed E-state index contributed by atoms with van der Waals surface area (Å²) in [4.78, 5) is 31.7. The number of aromatic nitrogens is 1. The number of pyridine rings is 1. The van der Waals surface area contributed by atoms with Gasteiger partial charge in [-0.05, 0) is 36.2 Å². The van der Waals surface area contributed by atoms with Gasteiger partial charge in [-0.2, -0.15) is 0 Å². The molecule has 0 radical (unpaired) electrons. The fourth-order valence-corrected chi connectivity index (χ4v) is 3.66. The predicted octanol–water partition coefficient (Wildman–Crippen LogP) is 4.77. The molecule has 0 saturated heterocycles. The lowest BCUT2D eigenvalue weighted by Gasteiger charge is -2.28. The Labute approximate surface area is 174 Å². The summed E-state index contributed by atoms with van der Waals surface area (Å²) in [6.45, 7) is 2.49. The molecule has 1 atom stereocenters. The van der Waals surface area contributed by atoms with Gasteiger partial charge in [0.25, 0.3) is 5.91 Å². The number of hydrogen-bond donors (Lipinski definition) is 1. The van der Waals surface area contributed by atoms with Crippen LogP contribution in [0.5, 0.6) is 0 Å². The van der Waals surface area contributed by atoms with Gasteiger partial charge in [0.2, 0.25) is 5.91 Å². The molecule has 1 unspecified atom stereocenters. The van der Waals surface area contributed by atoms with Gasteiger partial charge in [-0.1, -0.05) is 59.6 Å². The third-order valence-corrected chi connectivity index (χ3v) is 5.28. The normalized spacial score (nSPS) is 13.9. The topological polar surface area (TPSA) is 62.3 Å². The van der Waals surface area contributed by atoms with Crippen molar-refractivity contribution >= 4 is 29.2 Å². The first-order valence-corrected chi connectivity index (χ1v) is 9.76. The molecule has 1 N–H and O–H groups in total. The monoisotopic (exact) mass is 405 g/mol. The summed E-state index contributed by atoms with van der Waals surface area (Å²) in [5.74, 6) is 0.163. The maximum Gasteiger partial charge on any atom is 0.255 e. The quantitative estimate of drug-likeness (QED) is 0.665. The van der Waals surface area contributed by atoms with Crippen LogP contribution in [0.25, 0.3) is 0 Å². The van der Waals surface area contributed by atoms with Gasteiger partial charge in [0.1, 0.15) is 5.82 Å². The van der Waals surface area contributed by atoms with Crippen LogP contribution in [0.3, 0.4) is 0 Å². The Kier molecular flexibility index (Phi) is 5.32. The van der Waals surface area contributed by atoms with E-state index in [-0.39, 0.29) is 24.3 Å². The number of anilines is 1. The number of fused-ring (bicyclic) bond motifs is 1. The van der Waals surface area contributed by atoms with Crippen LogP contribution in [0.2, 0.25) is 5.02 Å². The fraction of sp³-hybridized carbons (Fsp3) is 0.174. The first kappa shape index (κ1) is 19.2. The van der Waals surface area contributed by atoms with Crippen LogP contribution in [0.1, 0.15) is 39.5 Å². The SMILES string of the molecule is Cc1ccc(C(CC(=O)Nc2ccc(Cl)cn2)N2Cc3ccccc3C2=O)cc1. The number of halogens is 1. The molecule has 1 aliphatic rings. The average Bonchev–Trinajstić information content (AvgIpc) is 3.05. The number of nitrogens with one attached hydrogen (secondary N) is 1. The lowest BCUT2D eigenvalue weighted by molar-refractivity contribution is -0.117. The van der Waals surface area contributed by atoms with Gasteiger partial charge in [0.05, 0.1) is 17.5 Å². The van der Waals surface area contributed by atoms with Crippen molar-refractivity contribution < 1.29 is 9.59 Å². The Bertz CT molecular complexity index is 1050. The second-order valence-corrected chi connectivity index (χ2v) is 7.57. The van der Waals surface area contributed by atoms with Crippen LogP contribution >= 0.6 is 11.6 Å². The summed E-state index contributed by atoms with van der Waals surface area (Å²) in [6, 6.07) is 18.5. The van der Waals surface area contributed by atoms with Crippen molar-refractivity contribution in [3.05, 3.63) is 94.1 Å². The molecule has 1 aromatic heterocycles. The van der Waals surface area contributed by atoms with Gasteiger partial charge in [-0.25, -0.2) is 4.98 Å². The molecule has 1 aliphatic heterocycles. The Morgan fingerprint density at radius 3 is 2.59 bits per heavy atom. The zero-order valence-electron chi connectivity index (χ0n) is 15.9. The molecule has 2 amide bonds. The van der Waals surface area contributed by atoms with Crippen LogP contribution in [0.4, 0.5) is 5.82 Å². The fourth-order valence-electron chi connectivity index (χ4n) is 3.54. The molecule has 6 heteroatoms. The van der Waals surface area contributed by atoms with Crippen LogP contribution in [0, 0.1) is 6.92 Å². The molecule has 0 fully saturated rings. The molecular weight excluding hydrogens is 386 g/mol. The summed E-state index contributed by atoms with van der Waals surface area (Å²) >= 11 is 5.85. The number of hydrogen-bond acceptors (Lipinski definition) is 3. The third kappa shape index (κ3) is 4.15. The van der Waals surface area contributed by atoms with E-state index in [2.05, 4.69) is 10.3 Å². The second kappa shape index (κ2) is 8.05. The van der Waals surface area contributed by atoms with Gasteiger partial charge in [-0.3, -0.25) is 9.59 Å². The summed E-state index contributed by atoms with van der Waals surface area (Å²) in [7, 11) is 0. The van der Waals surface area contributed by atoms with E-state index >= 15 is 0 Å². The Balaban J connectivity index is 1.59. The largest absolute Gasteiger partial charge is 0.327 e. The number of rotatable bonds is 5. The Morgan fingerprint density at radius 1 is 1.14 bits per heavy atom. The zero-order valence-corrected chi connectivity index (χ0v) is 16.7. The summed E-state index contributed by atoms with van der Waals surface area (Å²) < 4.78 is 0. The van der Waals surface area contributed by atoms with E-state index in [1.807, 2.05) is 55.5 Å². The summed E-state index contributed by atoms with van der Waals surface area (Å²) in [6.07, 6.45) is 1.61. The van der Waals surface area contributed by atoms with E-state index in [9.17, 15) is 9.59 Å². The van der Waals surface area contributed by atoms with Crippen molar-refractivity contribution in [1.29, 1.82) is 0 Å². The number of aryl methyl sites for hydroxylation is 1. The zero-order chi connectivity index (χ0) is 20.4. The van der Waals surface area contributed by atoms with E-state index in [1.54, 1.807) is 17.0 Å². The highest BCUT2D eigenvalue weighted by molar-refractivity contribution is 6.30. The van der Waals surface area contributed by atoms with Crippen molar-refractivity contribution in [1.82, 2.24) is 9.88 Å². The average molecular weight is 406 g/mol. The van der Waals surface area contributed by atoms with Crippen LogP contribution in [-0.4, -0.2) is 21.7 Å². The number of carbonyl (C=O) groups is 2. The van der Waals surface area contributed by atoms with Gasteiger partial charge in [0.15, 0.2) is 0 Å². The lowest BCUT2D eigenvalue weighted by atomic mass is 10.00. The second-order valence-electron chi connectivity index (χ2n) is 7.13. The minimum atomic E-state index is -0.372. The molecule has 2 aromatic carbocycles. The highest BCUT2D eigenvalue weighted by Gasteiger charge is 2.34. The van der Waals surface area contributed by atoms with Crippen molar-refractivity contribution in [2.45, 2.75) is 25.9 Å². The molecular formula is C23H20ClN3O2. The molecule has 29 heavy (non-hydrogen) atoms. The number of benzene rings is 2. The summed E-state index contributed by atoms with van der Waals surface area (Å²) in [5, 5.41) is 3.29. The van der Waals surface area contributed by atoms with Crippen molar-refractivity contribution in [3.8, 4) is 0 Å². The highest BCUT2D eigenvalue weighted by atomic mass is 35.5. The van der Waals surface area contributed by atoms with Crippen molar-refractivity contribution in [2.75, 3.05) is 5.32 Å². The van der Waals surface area contributed by atoms with Crippen molar-refractivity contribution in [2.24, 2.45) is 0 Å². The standard InChI is InChI=1S/C23H20ClN3O2/c1-15-6-8-16(9-7-15)20(12-22(28)26-21-11-10-18(24)13-25-21)27-14-17-4-2-3-5-19(17)23(27)29/h2-11,13,20H,12,14H2,1H3,(H,25,26,28). The number of carbonyl (C=O) groups excluding carboxylic acids is 2. The van der Waals surface area contributed by atoms with Gasteiger partial charge in [-0.15, -0.1) is 0 Å². The molecule has 0 bridgehead atoms. The van der Waals surface area contributed by atoms with Crippen LogP contribution in [-0.2, 0) is 11.3 Å². The number of amides is 2. The van der Waals surface area contributed by atoms with E-state index in [0.717, 1.165) is 16.7 Å². The molecule has 146 valence electrons. The predicted molar refractivity (Wildman–Crippen MR) is 113 cm³/mol. The Hall–Kier alpha value is -3.18.